The Hall–Kier alpha value is -0.0300. The zero-order chi connectivity index (χ0) is 12.7. The minimum atomic E-state index is -0.0741. The van der Waals surface area contributed by atoms with Crippen LogP contribution in [0, 0.1) is 5.92 Å². The third-order valence-corrected chi connectivity index (χ3v) is 3.76. The maximum absolute atomic E-state index is 11.5. The fourth-order valence-corrected chi connectivity index (χ4v) is 2.34. The van der Waals surface area contributed by atoms with Gasteiger partial charge in [-0.15, -0.1) is 24.8 Å². The van der Waals surface area contributed by atoms with Crippen LogP contribution in [0.2, 0.25) is 0 Å². The Morgan fingerprint density at radius 1 is 1.32 bits per heavy atom. The maximum atomic E-state index is 11.5. The molecular formula is C13H29Cl2N3O. The second-order valence-electron chi connectivity index (χ2n) is 5.20. The molecule has 4 nitrogen and oxygen atoms in total. The molecule has 0 aromatic carbocycles. The Balaban J connectivity index is 0. The third kappa shape index (κ3) is 7.98. The summed E-state index contributed by atoms with van der Waals surface area (Å²) in [6.45, 7) is 3.95. The lowest BCUT2D eigenvalue weighted by atomic mass is 9.94. The second kappa shape index (κ2) is 11.8. The molecule has 1 aliphatic carbocycles. The largest absolute Gasteiger partial charge is 0.355 e. The lowest BCUT2D eigenvalue weighted by Gasteiger charge is -2.31. The molecule has 1 aliphatic rings. The van der Waals surface area contributed by atoms with Crippen molar-refractivity contribution < 1.29 is 4.79 Å². The highest BCUT2D eigenvalue weighted by molar-refractivity contribution is 5.85. The number of rotatable bonds is 6. The molecule has 0 spiro atoms. The molecule has 1 atom stereocenters. The molecule has 19 heavy (non-hydrogen) atoms. The number of hydrogen-bond acceptors (Lipinski definition) is 3. The third-order valence-electron chi connectivity index (χ3n) is 3.76. The number of carbonyl (C=O) groups is 1. The van der Waals surface area contributed by atoms with Crippen LogP contribution in [0.5, 0.6) is 0 Å². The van der Waals surface area contributed by atoms with Gasteiger partial charge in [0.2, 0.25) is 5.91 Å². The van der Waals surface area contributed by atoms with Gasteiger partial charge in [-0.25, -0.2) is 0 Å². The van der Waals surface area contributed by atoms with Crippen molar-refractivity contribution in [2.45, 2.75) is 45.1 Å². The summed E-state index contributed by atoms with van der Waals surface area (Å²) in [7, 11) is 2.16. The summed E-state index contributed by atoms with van der Waals surface area (Å²) in [6.07, 6.45) is 6.71. The first kappa shape index (κ1) is 21.3. The van der Waals surface area contributed by atoms with E-state index in [4.69, 9.17) is 5.73 Å². The zero-order valence-electron chi connectivity index (χ0n) is 12.1. The van der Waals surface area contributed by atoms with Crippen LogP contribution >= 0.6 is 24.8 Å². The van der Waals surface area contributed by atoms with Gasteiger partial charge in [-0.3, -0.25) is 4.79 Å². The van der Waals surface area contributed by atoms with Gasteiger partial charge in [0, 0.05) is 31.6 Å². The van der Waals surface area contributed by atoms with Gasteiger partial charge in [-0.1, -0.05) is 26.2 Å². The lowest BCUT2D eigenvalue weighted by molar-refractivity contribution is -0.124. The standard InChI is InChI=1S/C13H27N3O.2ClH/c1-11(10-14)13(17)15-8-9-16(2)12-6-4-3-5-7-12;;/h11-12H,3-10,14H2,1-2H3,(H,15,17);2*1H. The highest BCUT2D eigenvalue weighted by Crippen LogP contribution is 2.21. The monoisotopic (exact) mass is 313 g/mol. The molecule has 6 heteroatoms. The molecule has 1 amide bonds. The number of likely N-dealkylation sites (N-methyl/N-ethyl adjacent to an activating group) is 1. The number of amides is 1. The average Bonchev–Trinajstić information content (AvgIpc) is 2.38. The van der Waals surface area contributed by atoms with Gasteiger partial charge in [-0.05, 0) is 19.9 Å². The smallest absolute Gasteiger partial charge is 0.224 e. The van der Waals surface area contributed by atoms with Gasteiger partial charge in [0.1, 0.15) is 0 Å². The van der Waals surface area contributed by atoms with Gasteiger partial charge in [0.15, 0.2) is 0 Å². The van der Waals surface area contributed by atoms with Gasteiger partial charge in [-0.2, -0.15) is 0 Å². The number of halogens is 2. The molecule has 1 rings (SSSR count). The van der Waals surface area contributed by atoms with Gasteiger partial charge >= 0.3 is 0 Å². The molecule has 1 fully saturated rings. The average molecular weight is 314 g/mol. The maximum Gasteiger partial charge on any atom is 0.224 e. The Labute approximate surface area is 129 Å². The molecule has 0 heterocycles. The predicted molar refractivity (Wildman–Crippen MR) is 85.2 cm³/mol. The van der Waals surface area contributed by atoms with Crippen molar-refractivity contribution in [2.24, 2.45) is 11.7 Å². The molecule has 0 bridgehead atoms. The summed E-state index contributed by atoms with van der Waals surface area (Å²) in [6, 6.07) is 0.715. The van der Waals surface area contributed by atoms with Crippen LogP contribution in [-0.4, -0.2) is 43.5 Å². The van der Waals surface area contributed by atoms with Gasteiger partial charge in [0.05, 0.1) is 0 Å². The fraction of sp³-hybridized carbons (Fsp3) is 0.923. The lowest BCUT2D eigenvalue weighted by Crippen LogP contribution is -2.41. The zero-order valence-corrected chi connectivity index (χ0v) is 13.7. The molecule has 1 unspecified atom stereocenters. The van der Waals surface area contributed by atoms with E-state index in [2.05, 4.69) is 17.3 Å². The highest BCUT2D eigenvalue weighted by Gasteiger charge is 2.17. The minimum Gasteiger partial charge on any atom is -0.355 e. The molecule has 0 aromatic rings. The predicted octanol–water partition coefficient (Wildman–Crippen LogP) is 1.81. The highest BCUT2D eigenvalue weighted by atomic mass is 35.5. The van der Waals surface area contributed by atoms with E-state index in [1.165, 1.54) is 32.1 Å². The number of nitrogens with zero attached hydrogens (tertiary/aromatic N) is 1. The molecule has 116 valence electrons. The number of nitrogens with one attached hydrogen (secondary N) is 1. The van der Waals surface area contributed by atoms with Crippen LogP contribution in [0.1, 0.15) is 39.0 Å². The quantitative estimate of drug-likeness (QED) is 0.786. The molecule has 3 N–H and O–H groups in total. The topological polar surface area (TPSA) is 58.4 Å². The van der Waals surface area contributed by atoms with Crippen molar-refractivity contribution in [3.8, 4) is 0 Å². The molecular weight excluding hydrogens is 285 g/mol. The van der Waals surface area contributed by atoms with Crippen molar-refractivity contribution in [1.82, 2.24) is 10.2 Å². The van der Waals surface area contributed by atoms with E-state index >= 15 is 0 Å². The van der Waals surface area contributed by atoms with Crippen molar-refractivity contribution in [2.75, 3.05) is 26.7 Å². The van der Waals surface area contributed by atoms with Crippen molar-refractivity contribution in [1.29, 1.82) is 0 Å². The number of hydrogen-bond donors (Lipinski definition) is 2. The Morgan fingerprint density at radius 2 is 1.89 bits per heavy atom. The first-order chi connectivity index (χ1) is 8.15. The number of carbonyl (C=O) groups excluding carboxylic acids is 1. The van der Waals surface area contributed by atoms with E-state index in [-0.39, 0.29) is 36.6 Å². The Morgan fingerprint density at radius 3 is 2.42 bits per heavy atom. The molecule has 0 radical (unpaired) electrons. The summed E-state index contributed by atoms with van der Waals surface area (Å²) < 4.78 is 0. The summed E-state index contributed by atoms with van der Waals surface area (Å²) in [5.41, 5.74) is 5.45. The van der Waals surface area contributed by atoms with E-state index in [0.29, 0.717) is 12.6 Å². The first-order valence-electron chi connectivity index (χ1n) is 6.83. The van der Waals surface area contributed by atoms with Crippen molar-refractivity contribution in [3.63, 3.8) is 0 Å². The summed E-state index contributed by atoms with van der Waals surface area (Å²) >= 11 is 0. The van der Waals surface area contributed by atoms with E-state index in [1.807, 2.05) is 6.92 Å². The van der Waals surface area contributed by atoms with E-state index in [1.54, 1.807) is 0 Å². The molecule has 1 saturated carbocycles. The van der Waals surface area contributed by atoms with Crippen molar-refractivity contribution >= 4 is 30.7 Å². The molecule has 0 saturated heterocycles. The van der Waals surface area contributed by atoms with Crippen LogP contribution in [0.4, 0.5) is 0 Å². The minimum absolute atomic E-state index is 0. The van der Waals surface area contributed by atoms with Crippen LogP contribution in [0.3, 0.4) is 0 Å². The van der Waals surface area contributed by atoms with E-state index < -0.39 is 0 Å². The van der Waals surface area contributed by atoms with Crippen LogP contribution in [0.15, 0.2) is 0 Å². The van der Waals surface area contributed by atoms with Crippen LogP contribution < -0.4 is 11.1 Å². The van der Waals surface area contributed by atoms with E-state index in [9.17, 15) is 4.79 Å². The second-order valence-corrected chi connectivity index (χ2v) is 5.20. The summed E-state index contributed by atoms with van der Waals surface area (Å²) in [5, 5.41) is 2.94. The fourth-order valence-electron chi connectivity index (χ4n) is 2.34. The van der Waals surface area contributed by atoms with Crippen LogP contribution in [-0.2, 0) is 4.79 Å². The Bertz CT molecular complexity index is 236. The van der Waals surface area contributed by atoms with Gasteiger partial charge in [0.25, 0.3) is 0 Å². The van der Waals surface area contributed by atoms with E-state index in [0.717, 1.165) is 13.1 Å². The molecule has 0 aliphatic heterocycles. The first-order valence-corrected chi connectivity index (χ1v) is 6.83. The van der Waals surface area contributed by atoms with Gasteiger partial charge < -0.3 is 16.0 Å². The summed E-state index contributed by atoms with van der Waals surface area (Å²) in [5.74, 6) is -0.000434. The van der Waals surface area contributed by atoms with Crippen molar-refractivity contribution in [3.05, 3.63) is 0 Å². The SMILES string of the molecule is CC(CN)C(=O)NCCN(C)C1CCCCC1.Cl.Cl. The van der Waals surface area contributed by atoms with Crippen LogP contribution in [0.25, 0.3) is 0 Å². The Kier molecular flexibility index (Phi) is 13.2. The normalized spacial score (nSPS) is 17.3. The molecule has 0 aromatic heterocycles. The number of nitrogens with two attached hydrogens (primary N) is 1. The summed E-state index contributed by atoms with van der Waals surface area (Å²) in [4.78, 5) is 13.9.